The van der Waals surface area contributed by atoms with Crippen molar-refractivity contribution in [1.82, 2.24) is 30.9 Å². The van der Waals surface area contributed by atoms with Crippen LogP contribution in [-0.4, -0.2) is 88.1 Å². The minimum atomic E-state index is -0.414. The number of rotatable bonds is 15. The maximum absolute atomic E-state index is 12.9. The number of thioether (sulfide) groups is 1. The molecule has 3 aliphatic rings. The lowest BCUT2D eigenvalue weighted by molar-refractivity contribution is -0.122. The van der Waals surface area contributed by atoms with E-state index >= 15 is 0 Å². The molecule has 47 heavy (non-hydrogen) atoms. The number of unbranched alkanes of at least 4 members (excludes halogenated alkanes) is 1. The number of aromatic nitrogens is 3. The van der Waals surface area contributed by atoms with Crippen LogP contribution >= 0.6 is 11.8 Å². The average molecular weight is 661 g/mol. The summed E-state index contributed by atoms with van der Waals surface area (Å²) < 4.78 is 7.37. The van der Waals surface area contributed by atoms with Crippen LogP contribution in [0.3, 0.4) is 0 Å². The molecule has 0 aliphatic carbocycles. The first-order valence-electron chi connectivity index (χ1n) is 16.1. The highest BCUT2D eigenvalue weighted by Crippen LogP contribution is 2.33. The number of nitrogens with zero attached hydrogens (tertiary/aromatic N) is 4. The van der Waals surface area contributed by atoms with Crippen LogP contribution in [0.25, 0.3) is 11.3 Å². The Bertz CT molecular complexity index is 1550. The zero-order valence-electron chi connectivity index (χ0n) is 26.1. The molecule has 6 rings (SSSR count). The molecule has 4 heterocycles. The fraction of sp³-hybridized carbons (Fsp3) is 0.455. The summed E-state index contributed by atoms with van der Waals surface area (Å²) in [6.45, 7) is 2.17. The number of carbonyl (C=O) groups is 4. The molecule has 3 fully saturated rings. The monoisotopic (exact) mass is 660 g/mol. The van der Waals surface area contributed by atoms with Crippen molar-refractivity contribution < 1.29 is 23.9 Å². The van der Waals surface area contributed by atoms with E-state index in [0.717, 1.165) is 36.3 Å². The molecular weight excluding hydrogens is 620 g/mol. The Morgan fingerprint density at radius 3 is 2.68 bits per heavy atom. The smallest absolute Gasteiger partial charge is 0.315 e. The Kier molecular flexibility index (Phi) is 10.7. The van der Waals surface area contributed by atoms with Gasteiger partial charge in [-0.15, -0.1) is 5.10 Å². The number of amides is 5. The second-order valence-electron chi connectivity index (χ2n) is 12.0. The first kappa shape index (κ1) is 32.5. The van der Waals surface area contributed by atoms with E-state index in [-0.39, 0.29) is 42.3 Å². The van der Waals surface area contributed by atoms with Gasteiger partial charge in [0, 0.05) is 53.9 Å². The van der Waals surface area contributed by atoms with Gasteiger partial charge < -0.3 is 30.9 Å². The Hall–Kier alpha value is -4.43. The fourth-order valence-electron chi connectivity index (χ4n) is 6.13. The molecule has 0 bridgehead atoms. The first-order chi connectivity index (χ1) is 22.9. The van der Waals surface area contributed by atoms with Gasteiger partial charge in [0.15, 0.2) is 0 Å². The largest absolute Gasteiger partial charge is 0.378 e. The summed E-state index contributed by atoms with van der Waals surface area (Å²) >= 11 is 1.89. The quantitative estimate of drug-likeness (QED) is 0.143. The van der Waals surface area contributed by atoms with Crippen LogP contribution in [0.15, 0.2) is 60.8 Å². The van der Waals surface area contributed by atoms with Crippen molar-refractivity contribution in [3.05, 3.63) is 60.8 Å². The third-order valence-corrected chi connectivity index (χ3v) is 10.2. The topological polar surface area (TPSA) is 160 Å². The number of benzene rings is 2. The van der Waals surface area contributed by atoms with Crippen LogP contribution in [0.2, 0.25) is 0 Å². The first-order valence-corrected chi connectivity index (χ1v) is 17.2. The molecule has 3 aliphatic heterocycles. The maximum Gasteiger partial charge on any atom is 0.315 e. The molecule has 13 nitrogen and oxygen atoms in total. The van der Waals surface area contributed by atoms with Crippen molar-refractivity contribution in [2.75, 3.05) is 42.3 Å². The van der Waals surface area contributed by atoms with E-state index in [1.807, 2.05) is 72.6 Å². The van der Waals surface area contributed by atoms with Gasteiger partial charge in [-0.25, -0.2) is 9.48 Å². The summed E-state index contributed by atoms with van der Waals surface area (Å²) in [4.78, 5) is 50.7. The minimum Gasteiger partial charge on any atom is -0.378 e. The van der Waals surface area contributed by atoms with Crippen molar-refractivity contribution in [3.63, 3.8) is 0 Å². The number of carbonyl (C=O) groups excluding carboxylic acids is 4. The van der Waals surface area contributed by atoms with Crippen LogP contribution in [0.1, 0.15) is 32.1 Å². The molecule has 3 aromatic rings. The normalized spacial score (nSPS) is 21.7. The molecule has 5 amide bonds. The zero-order valence-corrected chi connectivity index (χ0v) is 26.9. The van der Waals surface area contributed by atoms with Gasteiger partial charge in [-0.2, -0.15) is 11.8 Å². The number of ether oxygens (including phenoxy) is 1. The SMILES string of the molecule is O=C(CCCC[C@@H]1SC[C@@H]2NC(=O)N[C@@H]21)NCCOCCn1cc(-c2ccc(NC(=O)C3CC(=O)N(c4ccccc4)C3)cc2)nn1. The predicted molar refractivity (Wildman–Crippen MR) is 179 cm³/mol. The van der Waals surface area contributed by atoms with Crippen molar-refractivity contribution in [3.8, 4) is 11.3 Å². The molecule has 1 unspecified atom stereocenters. The van der Waals surface area contributed by atoms with E-state index in [0.29, 0.717) is 55.9 Å². The van der Waals surface area contributed by atoms with Gasteiger partial charge in [0.2, 0.25) is 17.7 Å². The van der Waals surface area contributed by atoms with Crippen LogP contribution in [0, 0.1) is 5.92 Å². The highest BCUT2D eigenvalue weighted by Gasteiger charge is 2.42. The Labute approximate surface area is 277 Å². The summed E-state index contributed by atoms with van der Waals surface area (Å²) in [5, 5.41) is 20.6. The van der Waals surface area contributed by atoms with E-state index in [1.165, 1.54) is 0 Å². The van der Waals surface area contributed by atoms with E-state index < -0.39 is 5.92 Å². The second kappa shape index (κ2) is 15.4. The van der Waals surface area contributed by atoms with Gasteiger partial charge in [0.1, 0.15) is 5.69 Å². The number of urea groups is 1. The summed E-state index contributed by atoms with van der Waals surface area (Å²) in [5.74, 6) is 0.327. The molecule has 0 saturated carbocycles. The molecule has 14 heteroatoms. The number of anilines is 2. The van der Waals surface area contributed by atoms with Crippen molar-refractivity contribution in [2.45, 2.75) is 56.0 Å². The van der Waals surface area contributed by atoms with Gasteiger partial charge in [-0.1, -0.05) is 42.0 Å². The van der Waals surface area contributed by atoms with E-state index in [1.54, 1.807) is 9.58 Å². The summed E-state index contributed by atoms with van der Waals surface area (Å²) in [6, 6.07) is 17.1. The summed E-state index contributed by atoms with van der Waals surface area (Å²) in [6.07, 6.45) is 5.29. The minimum absolute atomic E-state index is 0.0243. The van der Waals surface area contributed by atoms with Gasteiger partial charge in [0.25, 0.3) is 0 Å². The highest BCUT2D eigenvalue weighted by atomic mass is 32.2. The van der Waals surface area contributed by atoms with Gasteiger partial charge in [-0.3, -0.25) is 14.4 Å². The summed E-state index contributed by atoms with van der Waals surface area (Å²) in [5.41, 5.74) is 3.01. The van der Waals surface area contributed by atoms with Gasteiger partial charge in [0.05, 0.1) is 44.0 Å². The fourth-order valence-corrected chi connectivity index (χ4v) is 7.68. The molecular formula is C33H40N8O5S. The molecule has 4 atom stereocenters. The van der Waals surface area contributed by atoms with Crippen LogP contribution in [-0.2, 0) is 25.7 Å². The van der Waals surface area contributed by atoms with E-state index in [2.05, 4.69) is 31.6 Å². The molecule has 2 aromatic carbocycles. The predicted octanol–water partition coefficient (Wildman–Crippen LogP) is 2.80. The van der Waals surface area contributed by atoms with Crippen molar-refractivity contribution in [2.24, 2.45) is 5.92 Å². The van der Waals surface area contributed by atoms with E-state index in [9.17, 15) is 19.2 Å². The van der Waals surface area contributed by atoms with Crippen molar-refractivity contribution in [1.29, 1.82) is 0 Å². The second-order valence-corrected chi connectivity index (χ2v) is 13.3. The van der Waals surface area contributed by atoms with Crippen molar-refractivity contribution >= 4 is 46.9 Å². The van der Waals surface area contributed by atoms with E-state index in [4.69, 9.17) is 4.74 Å². The summed E-state index contributed by atoms with van der Waals surface area (Å²) in [7, 11) is 0. The standard InChI is InChI=1S/C33H40N8O5S/c42-29(9-5-4-8-28-31-27(21-47-28)36-33(45)37-31)34-14-16-46-17-15-40-20-26(38-39-40)22-10-12-24(13-11-22)35-32(44)23-18-30(43)41(19-23)25-6-2-1-3-7-25/h1-3,6-7,10-13,20,23,27-28,31H,4-5,8-9,14-19,21H2,(H,34,42)(H,35,44)(H2,36,37,45)/t23?,27-,28-,31-/m0/s1. The lowest BCUT2D eigenvalue weighted by atomic mass is 10.0. The number of hydrogen-bond donors (Lipinski definition) is 4. The molecule has 0 radical (unpaired) electrons. The third kappa shape index (κ3) is 8.49. The zero-order chi connectivity index (χ0) is 32.6. The number of fused-ring (bicyclic) bond motifs is 1. The highest BCUT2D eigenvalue weighted by molar-refractivity contribution is 8.00. The molecule has 0 spiro atoms. The van der Waals surface area contributed by atoms with Gasteiger partial charge >= 0.3 is 6.03 Å². The number of para-hydroxylation sites is 1. The Morgan fingerprint density at radius 1 is 1.02 bits per heavy atom. The van der Waals surface area contributed by atoms with Crippen LogP contribution in [0.4, 0.5) is 16.2 Å². The molecule has 3 saturated heterocycles. The van der Waals surface area contributed by atoms with Crippen LogP contribution in [0.5, 0.6) is 0 Å². The molecule has 1 aromatic heterocycles. The van der Waals surface area contributed by atoms with Gasteiger partial charge in [-0.05, 0) is 37.1 Å². The third-order valence-electron chi connectivity index (χ3n) is 8.66. The van der Waals surface area contributed by atoms with Crippen LogP contribution < -0.4 is 26.2 Å². The lowest BCUT2D eigenvalue weighted by Crippen LogP contribution is -2.36. The maximum atomic E-state index is 12.9. The lowest BCUT2D eigenvalue weighted by Gasteiger charge is -2.16. The number of nitrogens with one attached hydrogen (secondary N) is 4. The average Bonchev–Trinajstić information content (AvgIpc) is 3.87. The molecule has 248 valence electrons. The Balaban J connectivity index is 0.834. The number of hydrogen-bond acceptors (Lipinski definition) is 8. The Morgan fingerprint density at radius 2 is 1.85 bits per heavy atom. The molecule has 4 N–H and O–H groups in total.